The van der Waals surface area contributed by atoms with Gasteiger partial charge in [-0.2, -0.15) is 0 Å². The second kappa shape index (κ2) is 4.04. The lowest BCUT2D eigenvalue weighted by molar-refractivity contribution is -0.120. The van der Waals surface area contributed by atoms with Gasteiger partial charge in [0.05, 0.1) is 12.1 Å². The Kier molecular flexibility index (Phi) is 3.17. The zero-order chi connectivity index (χ0) is 11.6. The van der Waals surface area contributed by atoms with Crippen molar-refractivity contribution < 1.29 is 9.21 Å². The van der Waals surface area contributed by atoms with Crippen molar-refractivity contribution in [1.29, 1.82) is 0 Å². The number of aryl methyl sites for hydroxylation is 1. The van der Waals surface area contributed by atoms with Gasteiger partial charge in [-0.3, -0.25) is 4.79 Å². The molecule has 0 unspecified atom stereocenters. The molecule has 0 radical (unpaired) electrons. The standard InChI is InChI=1S/C11H18N2O2/c1-7-8(6-9(14)12-5)15-10(13-7)11(2,3)4/h6H2,1-5H3,(H,12,14). The molecule has 1 rings (SSSR count). The number of amides is 1. The minimum Gasteiger partial charge on any atom is -0.444 e. The van der Waals surface area contributed by atoms with E-state index in [0.717, 1.165) is 5.69 Å². The lowest BCUT2D eigenvalue weighted by atomic mass is 9.97. The van der Waals surface area contributed by atoms with Gasteiger partial charge < -0.3 is 9.73 Å². The van der Waals surface area contributed by atoms with Crippen LogP contribution >= 0.6 is 0 Å². The molecular formula is C11H18N2O2. The van der Waals surface area contributed by atoms with E-state index < -0.39 is 0 Å². The molecule has 0 saturated heterocycles. The molecule has 0 bridgehead atoms. The molecule has 1 aromatic heterocycles. The molecule has 0 saturated carbocycles. The Morgan fingerprint density at radius 1 is 1.47 bits per heavy atom. The predicted octanol–water partition coefficient (Wildman–Crippen LogP) is 1.57. The zero-order valence-electron chi connectivity index (χ0n) is 9.97. The molecule has 0 aromatic carbocycles. The number of nitrogens with one attached hydrogen (secondary N) is 1. The van der Waals surface area contributed by atoms with Crippen molar-refractivity contribution in [3.05, 3.63) is 17.3 Å². The molecule has 0 aliphatic rings. The molecule has 1 amide bonds. The Hall–Kier alpha value is -1.32. The van der Waals surface area contributed by atoms with E-state index in [-0.39, 0.29) is 17.7 Å². The van der Waals surface area contributed by atoms with Gasteiger partial charge in [0, 0.05) is 12.5 Å². The fourth-order valence-corrected chi connectivity index (χ4v) is 1.15. The Morgan fingerprint density at radius 3 is 2.47 bits per heavy atom. The van der Waals surface area contributed by atoms with Crippen molar-refractivity contribution in [2.45, 2.75) is 39.5 Å². The predicted molar refractivity (Wildman–Crippen MR) is 57.7 cm³/mol. The van der Waals surface area contributed by atoms with Gasteiger partial charge in [-0.25, -0.2) is 4.98 Å². The Balaban J connectivity index is 2.92. The maximum Gasteiger partial charge on any atom is 0.227 e. The average molecular weight is 210 g/mol. The van der Waals surface area contributed by atoms with Gasteiger partial charge in [0.25, 0.3) is 0 Å². The summed E-state index contributed by atoms with van der Waals surface area (Å²) in [5.41, 5.74) is 0.676. The van der Waals surface area contributed by atoms with Gasteiger partial charge in [-0.1, -0.05) is 20.8 Å². The largest absolute Gasteiger partial charge is 0.444 e. The zero-order valence-corrected chi connectivity index (χ0v) is 9.97. The number of rotatable bonds is 2. The lowest BCUT2D eigenvalue weighted by Crippen LogP contribution is -2.20. The molecule has 15 heavy (non-hydrogen) atoms. The maximum atomic E-state index is 11.2. The third-order valence-electron chi connectivity index (χ3n) is 2.13. The molecule has 0 aliphatic heterocycles. The van der Waals surface area contributed by atoms with Crippen LogP contribution in [0.5, 0.6) is 0 Å². The number of hydrogen-bond acceptors (Lipinski definition) is 3. The van der Waals surface area contributed by atoms with E-state index >= 15 is 0 Å². The van der Waals surface area contributed by atoms with Crippen molar-refractivity contribution in [1.82, 2.24) is 10.3 Å². The molecule has 0 fully saturated rings. The average Bonchev–Trinajstić information content (AvgIpc) is 2.47. The first-order chi connectivity index (χ1) is 6.84. The van der Waals surface area contributed by atoms with Gasteiger partial charge >= 0.3 is 0 Å². The first-order valence-electron chi connectivity index (χ1n) is 5.02. The summed E-state index contributed by atoms with van der Waals surface area (Å²) >= 11 is 0. The number of likely N-dealkylation sites (N-methyl/N-ethyl adjacent to an activating group) is 1. The molecule has 1 N–H and O–H groups in total. The third kappa shape index (κ3) is 2.81. The van der Waals surface area contributed by atoms with E-state index in [2.05, 4.69) is 10.3 Å². The summed E-state index contributed by atoms with van der Waals surface area (Å²) in [6.07, 6.45) is 0.255. The summed E-state index contributed by atoms with van der Waals surface area (Å²) < 4.78 is 5.58. The van der Waals surface area contributed by atoms with E-state index in [9.17, 15) is 4.79 Å². The maximum absolute atomic E-state index is 11.2. The van der Waals surface area contributed by atoms with E-state index in [0.29, 0.717) is 11.7 Å². The van der Waals surface area contributed by atoms with Crippen LogP contribution in [0.3, 0.4) is 0 Å². The minimum absolute atomic E-state index is 0.0605. The van der Waals surface area contributed by atoms with Crippen LogP contribution in [0.15, 0.2) is 4.42 Å². The molecule has 1 aromatic rings. The van der Waals surface area contributed by atoms with E-state index in [1.807, 2.05) is 27.7 Å². The van der Waals surface area contributed by atoms with Gasteiger partial charge in [0.1, 0.15) is 5.76 Å². The summed E-state index contributed by atoms with van der Waals surface area (Å²) in [6.45, 7) is 7.95. The Bertz CT molecular complexity index is 361. The van der Waals surface area contributed by atoms with Crippen LogP contribution in [-0.4, -0.2) is 17.9 Å². The van der Waals surface area contributed by atoms with E-state index in [1.54, 1.807) is 7.05 Å². The van der Waals surface area contributed by atoms with Crippen LogP contribution in [0.4, 0.5) is 0 Å². The van der Waals surface area contributed by atoms with Crippen LogP contribution in [0.25, 0.3) is 0 Å². The van der Waals surface area contributed by atoms with Crippen molar-refractivity contribution in [3.63, 3.8) is 0 Å². The number of aromatic nitrogens is 1. The smallest absolute Gasteiger partial charge is 0.227 e. The topological polar surface area (TPSA) is 55.1 Å². The fourth-order valence-electron chi connectivity index (χ4n) is 1.15. The highest BCUT2D eigenvalue weighted by atomic mass is 16.4. The number of hydrogen-bond donors (Lipinski definition) is 1. The highest BCUT2D eigenvalue weighted by Crippen LogP contribution is 2.23. The van der Waals surface area contributed by atoms with Crippen molar-refractivity contribution in [2.24, 2.45) is 0 Å². The quantitative estimate of drug-likeness (QED) is 0.806. The highest BCUT2D eigenvalue weighted by molar-refractivity contribution is 5.77. The molecule has 0 spiro atoms. The number of carbonyl (C=O) groups is 1. The van der Waals surface area contributed by atoms with Crippen LogP contribution in [0.2, 0.25) is 0 Å². The Labute approximate surface area is 90.1 Å². The SMILES string of the molecule is CNC(=O)Cc1oc(C(C)(C)C)nc1C. The number of nitrogens with zero attached hydrogens (tertiary/aromatic N) is 1. The molecule has 1 heterocycles. The monoisotopic (exact) mass is 210 g/mol. The van der Waals surface area contributed by atoms with Crippen molar-refractivity contribution in [2.75, 3.05) is 7.05 Å². The van der Waals surface area contributed by atoms with Crippen molar-refractivity contribution >= 4 is 5.91 Å². The number of oxazole rings is 1. The molecule has 4 heteroatoms. The van der Waals surface area contributed by atoms with E-state index in [1.165, 1.54) is 0 Å². The van der Waals surface area contributed by atoms with E-state index in [4.69, 9.17) is 4.42 Å². The summed E-state index contributed by atoms with van der Waals surface area (Å²) in [5.74, 6) is 1.27. The number of carbonyl (C=O) groups excluding carboxylic acids is 1. The van der Waals surface area contributed by atoms with Crippen LogP contribution in [-0.2, 0) is 16.6 Å². The molecular weight excluding hydrogens is 192 g/mol. The molecule has 84 valence electrons. The normalized spacial score (nSPS) is 11.5. The summed E-state index contributed by atoms with van der Waals surface area (Å²) in [6, 6.07) is 0. The highest BCUT2D eigenvalue weighted by Gasteiger charge is 2.22. The van der Waals surface area contributed by atoms with Gasteiger partial charge in [-0.05, 0) is 6.92 Å². The van der Waals surface area contributed by atoms with Gasteiger partial charge in [-0.15, -0.1) is 0 Å². The lowest BCUT2D eigenvalue weighted by Gasteiger charge is -2.12. The summed E-state index contributed by atoms with van der Waals surface area (Å²) in [4.78, 5) is 15.5. The first-order valence-corrected chi connectivity index (χ1v) is 5.02. The van der Waals surface area contributed by atoms with Crippen LogP contribution < -0.4 is 5.32 Å². The fraction of sp³-hybridized carbons (Fsp3) is 0.636. The third-order valence-corrected chi connectivity index (χ3v) is 2.13. The minimum atomic E-state index is -0.119. The van der Waals surface area contributed by atoms with Crippen molar-refractivity contribution in [3.8, 4) is 0 Å². The van der Waals surface area contributed by atoms with Gasteiger partial charge in [0.2, 0.25) is 5.91 Å². The Morgan fingerprint density at radius 2 is 2.07 bits per heavy atom. The van der Waals surface area contributed by atoms with Crippen LogP contribution in [0.1, 0.15) is 38.1 Å². The van der Waals surface area contributed by atoms with Crippen LogP contribution in [0, 0.1) is 6.92 Å². The molecule has 0 aliphatic carbocycles. The van der Waals surface area contributed by atoms with Gasteiger partial charge in [0.15, 0.2) is 5.89 Å². The summed E-state index contributed by atoms with van der Waals surface area (Å²) in [5, 5.41) is 2.56. The first kappa shape index (κ1) is 11.8. The molecule has 0 atom stereocenters. The second-order valence-corrected chi connectivity index (χ2v) is 4.63. The second-order valence-electron chi connectivity index (χ2n) is 4.63. The molecule has 4 nitrogen and oxygen atoms in total. The summed E-state index contributed by atoms with van der Waals surface area (Å²) in [7, 11) is 1.61.